The summed E-state index contributed by atoms with van der Waals surface area (Å²) in [6, 6.07) is 0. The van der Waals surface area contributed by atoms with Gasteiger partial charge in [0.1, 0.15) is 19.3 Å². The highest BCUT2D eigenvalue weighted by Crippen LogP contribution is 2.45. The number of hydrogen-bond donors (Lipinski definition) is 3. The zero-order chi connectivity index (χ0) is 79.3. The normalized spacial score (nSPS) is 13.8. The molecule has 0 aliphatic heterocycles. The van der Waals surface area contributed by atoms with Crippen molar-refractivity contribution >= 4 is 39.5 Å². The Bertz CT molecular complexity index is 2080. The Morgan fingerprint density at radius 3 is 0.630 bits per heavy atom. The molecule has 0 aromatic carbocycles. The average Bonchev–Trinajstić information content (AvgIpc) is 0.898. The van der Waals surface area contributed by atoms with Crippen LogP contribution in [0.2, 0.25) is 0 Å². The fourth-order valence-corrected chi connectivity index (χ4v) is 15.5. The number of hydrogen-bond acceptors (Lipinski definition) is 15. The van der Waals surface area contributed by atoms with E-state index in [0.29, 0.717) is 25.7 Å². The van der Waals surface area contributed by atoms with Crippen molar-refractivity contribution in [1.29, 1.82) is 0 Å². The third-order valence-corrected chi connectivity index (χ3v) is 22.8. The molecule has 0 fully saturated rings. The lowest BCUT2D eigenvalue weighted by Crippen LogP contribution is -2.30. The van der Waals surface area contributed by atoms with E-state index in [0.717, 1.165) is 108 Å². The molecule has 5 atom stereocenters. The van der Waals surface area contributed by atoms with E-state index in [4.69, 9.17) is 37.0 Å². The predicted octanol–water partition coefficient (Wildman–Crippen LogP) is 27.3. The second kappa shape index (κ2) is 78.9. The fraction of sp³-hybridized carbons (Fsp3) is 0.955. The highest BCUT2D eigenvalue weighted by atomic mass is 31.2. The lowest BCUT2D eigenvalue weighted by atomic mass is 10.0. The Labute approximate surface area is 664 Å². The summed E-state index contributed by atoms with van der Waals surface area (Å²) in [6.07, 6.45) is 70.8. The number of esters is 4. The lowest BCUT2D eigenvalue weighted by molar-refractivity contribution is -0.161. The van der Waals surface area contributed by atoms with Gasteiger partial charge in [-0.1, -0.05) is 421 Å². The van der Waals surface area contributed by atoms with Gasteiger partial charge in [0.15, 0.2) is 12.2 Å². The number of carbonyl (C=O) groups is 4. The van der Waals surface area contributed by atoms with E-state index < -0.39 is 97.5 Å². The highest BCUT2D eigenvalue weighted by molar-refractivity contribution is 7.47. The van der Waals surface area contributed by atoms with Crippen LogP contribution in [0.1, 0.15) is 472 Å². The molecule has 0 aliphatic rings. The van der Waals surface area contributed by atoms with Crippen molar-refractivity contribution in [3.05, 3.63) is 0 Å². The predicted molar refractivity (Wildman–Crippen MR) is 446 cm³/mol. The van der Waals surface area contributed by atoms with E-state index in [9.17, 15) is 43.2 Å². The minimum Gasteiger partial charge on any atom is -0.462 e. The number of aliphatic hydroxyl groups is 1. The maximum atomic E-state index is 13.2. The lowest BCUT2D eigenvalue weighted by Gasteiger charge is -2.21. The first-order valence-electron chi connectivity index (χ1n) is 45.8. The molecule has 0 bridgehead atoms. The van der Waals surface area contributed by atoms with Gasteiger partial charge in [0.05, 0.1) is 26.4 Å². The first-order chi connectivity index (χ1) is 52.2. The quantitative estimate of drug-likeness (QED) is 0.0222. The van der Waals surface area contributed by atoms with Crippen LogP contribution in [-0.4, -0.2) is 96.7 Å². The molecule has 0 aliphatic carbocycles. The SMILES string of the molecule is CCCCCCCCCCCCCCC(=O)OC[C@H](COP(=O)(O)OC[C@H](O)COP(=O)(O)OC[C@@H](COC(=O)CCCCCCCCCCCCCCCCCCCCC(C)C)OC(=O)CCCCCCCCCCCCCCCCCCCCC(C)C)OC(=O)CCCCCCCCCCCCCC(C)C. The average molecular weight is 1580 g/mol. The Kier molecular flexibility index (Phi) is 77.5. The smallest absolute Gasteiger partial charge is 0.462 e. The Hall–Kier alpha value is -1.94. The molecule has 0 spiro atoms. The van der Waals surface area contributed by atoms with Crippen molar-refractivity contribution < 1.29 is 80.2 Å². The minimum absolute atomic E-state index is 0.107. The van der Waals surface area contributed by atoms with Crippen LogP contribution in [0.5, 0.6) is 0 Å². The maximum absolute atomic E-state index is 13.2. The van der Waals surface area contributed by atoms with E-state index >= 15 is 0 Å². The van der Waals surface area contributed by atoms with E-state index in [1.54, 1.807) is 0 Å². The number of rotatable bonds is 87. The molecule has 3 N–H and O–H groups in total. The molecule has 0 amide bonds. The number of phosphoric acid groups is 2. The topological polar surface area (TPSA) is 237 Å². The van der Waals surface area contributed by atoms with Crippen molar-refractivity contribution in [1.82, 2.24) is 0 Å². The van der Waals surface area contributed by atoms with E-state index in [1.165, 1.54) is 283 Å². The van der Waals surface area contributed by atoms with Crippen molar-refractivity contribution in [2.75, 3.05) is 39.6 Å². The summed E-state index contributed by atoms with van der Waals surface area (Å²) in [7, 11) is -9.93. The van der Waals surface area contributed by atoms with Crippen molar-refractivity contribution in [2.45, 2.75) is 491 Å². The molecule has 0 radical (unpaired) electrons. The van der Waals surface area contributed by atoms with Gasteiger partial charge in [-0.3, -0.25) is 37.3 Å². The number of ether oxygens (including phenoxy) is 4. The van der Waals surface area contributed by atoms with Gasteiger partial charge in [-0.25, -0.2) is 9.13 Å². The first kappa shape index (κ1) is 106. The first-order valence-corrected chi connectivity index (χ1v) is 48.8. The third-order valence-electron chi connectivity index (χ3n) is 20.9. The molecule has 0 saturated carbocycles. The molecule has 17 nitrogen and oxygen atoms in total. The minimum atomic E-state index is -4.97. The second-order valence-electron chi connectivity index (χ2n) is 33.4. The van der Waals surface area contributed by atoms with Gasteiger partial charge in [0, 0.05) is 25.7 Å². The van der Waals surface area contributed by atoms with Gasteiger partial charge in [-0.05, 0) is 43.4 Å². The molecule has 19 heteroatoms. The van der Waals surface area contributed by atoms with Crippen molar-refractivity contribution in [3.63, 3.8) is 0 Å². The number of phosphoric ester groups is 2. The molecule has 0 heterocycles. The summed E-state index contributed by atoms with van der Waals surface area (Å²) in [5, 5.41) is 10.7. The van der Waals surface area contributed by atoms with Gasteiger partial charge in [-0.15, -0.1) is 0 Å². The molecular formula is C89H174O17P2. The summed E-state index contributed by atoms with van der Waals surface area (Å²) in [6.45, 7) is 12.1. The molecule has 0 aromatic heterocycles. The summed E-state index contributed by atoms with van der Waals surface area (Å²) in [4.78, 5) is 73.3. The monoisotopic (exact) mass is 1580 g/mol. The fourth-order valence-electron chi connectivity index (χ4n) is 13.9. The highest BCUT2D eigenvalue weighted by Gasteiger charge is 2.31. The van der Waals surface area contributed by atoms with Gasteiger partial charge >= 0.3 is 39.5 Å². The zero-order valence-electron chi connectivity index (χ0n) is 71.3. The van der Waals surface area contributed by atoms with E-state index in [2.05, 4.69) is 48.5 Å². The molecular weight excluding hydrogens is 1400 g/mol. The van der Waals surface area contributed by atoms with E-state index in [1.807, 2.05) is 0 Å². The van der Waals surface area contributed by atoms with Crippen LogP contribution in [-0.2, 0) is 65.4 Å². The summed E-state index contributed by atoms with van der Waals surface area (Å²) < 4.78 is 69.0. The Morgan fingerprint density at radius 1 is 0.250 bits per heavy atom. The molecule has 108 heavy (non-hydrogen) atoms. The van der Waals surface area contributed by atoms with Gasteiger partial charge in [-0.2, -0.15) is 0 Å². The Morgan fingerprint density at radius 2 is 0.426 bits per heavy atom. The largest absolute Gasteiger partial charge is 0.472 e. The Balaban J connectivity index is 5.23. The number of carbonyl (C=O) groups excluding carboxylic acids is 4. The van der Waals surface area contributed by atoms with Crippen LogP contribution < -0.4 is 0 Å². The summed E-state index contributed by atoms with van der Waals surface area (Å²) in [5.41, 5.74) is 0. The molecule has 0 aromatic rings. The zero-order valence-corrected chi connectivity index (χ0v) is 73.1. The van der Waals surface area contributed by atoms with Gasteiger partial charge in [0.25, 0.3) is 0 Å². The molecule has 2 unspecified atom stereocenters. The van der Waals surface area contributed by atoms with Crippen molar-refractivity contribution in [3.8, 4) is 0 Å². The molecule has 0 rings (SSSR count). The van der Waals surface area contributed by atoms with E-state index in [-0.39, 0.29) is 25.7 Å². The van der Waals surface area contributed by atoms with Crippen LogP contribution in [0.3, 0.4) is 0 Å². The maximum Gasteiger partial charge on any atom is 0.472 e. The molecule has 0 saturated heterocycles. The second-order valence-corrected chi connectivity index (χ2v) is 36.3. The van der Waals surface area contributed by atoms with Crippen LogP contribution in [0.4, 0.5) is 0 Å². The van der Waals surface area contributed by atoms with Crippen molar-refractivity contribution in [2.24, 2.45) is 17.8 Å². The molecule has 642 valence electrons. The number of aliphatic hydroxyl groups excluding tert-OH is 1. The van der Waals surface area contributed by atoms with Gasteiger partial charge in [0.2, 0.25) is 0 Å². The summed E-state index contributed by atoms with van der Waals surface area (Å²) in [5.74, 6) is 0.309. The summed E-state index contributed by atoms with van der Waals surface area (Å²) >= 11 is 0. The third kappa shape index (κ3) is 82.1. The van der Waals surface area contributed by atoms with Gasteiger partial charge < -0.3 is 33.8 Å². The van der Waals surface area contributed by atoms with Crippen LogP contribution in [0.25, 0.3) is 0 Å². The van der Waals surface area contributed by atoms with Crippen LogP contribution in [0, 0.1) is 17.8 Å². The standard InChI is InChI=1S/C89H174O17P2/c1-8-9-10-11-12-13-14-35-42-49-56-63-70-86(91)99-76-85(106-89(94)73-66-59-52-45-38-31-34-41-48-55-62-69-82(6)7)79-104-108(97,98)102-75-83(90)74-101-107(95,96)103-78-84(105-88(93)72-65-58-51-44-37-30-26-22-18-16-20-24-28-33-40-47-54-61-68-81(4)5)77-100-87(92)71-64-57-50-43-36-29-25-21-17-15-19-23-27-32-39-46-53-60-67-80(2)3/h80-85,90H,8-79H2,1-7H3,(H,95,96)(H,97,98)/t83-,84-,85-/m1/s1. The van der Waals surface area contributed by atoms with Crippen LogP contribution in [0.15, 0.2) is 0 Å². The number of unbranched alkanes of at least 4 members (excludes halogenated alkanes) is 55. The van der Waals surface area contributed by atoms with Crippen LogP contribution >= 0.6 is 15.6 Å².